The maximum absolute atomic E-state index is 8.81. The third kappa shape index (κ3) is 3.61. The highest BCUT2D eigenvalue weighted by Crippen LogP contribution is 2.49. The van der Waals surface area contributed by atoms with Gasteiger partial charge >= 0.3 is 0 Å². The Bertz CT molecular complexity index is 1050. The molecule has 0 bridgehead atoms. The van der Waals surface area contributed by atoms with Crippen molar-refractivity contribution in [2.24, 2.45) is 22.2 Å². The molecule has 1 N–H and O–H groups in total. The van der Waals surface area contributed by atoms with E-state index in [-0.39, 0.29) is 18.2 Å². The predicted molar refractivity (Wildman–Crippen MR) is 122 cm³/mol. The van der Waals surface area contributed by atoms with E-state index in [2.05, 4.69) is 17.2 Å². The van der Waals surface area contributed by atoms with Crippen molar-refractivity contribution < 1.29 is 11.6 Å². The number of aliphatic imine (C=N–C) groups is 1. The van der Waals surface area contributed by atoms with Crippen molar-refractivity contribution in [2.45, 2.75) is 98.3 Å². The molecule has 158 valence electrons. The molecule has 0 aromatic carbocycles. The van der Waals surface area contributed by atoms with Crippen LogP contribution in [0.5, 0.6) is 0 Å². The van der Waals surface area contributed by atoms with E-state index in [1.807, 2.05) is 20.8 Å². The summed E-state index contributed by atoms with van der Waals surface area (Å²) >= 11 is 1.63. The zero-order valence-corrected chi connectivity index (χ0v) is 18.8. The van der Waals surface area contributed by atoms with Gasteiger partial charge in [-0.15, -0.1) is 11.3 Å². The molecule has 1 aromatic rings. The van der Waals surface area contributed by atoms with E-state index in [0.29, 0.717) is 18.1 Å². The van der Waals surface area contributed by atoms with Gasteiger partial charge in [0, 0.05) is 46.7 Å². The van der Waals surface area contributed by atoms with Gasteiger partial charge in [-0.05, 0) is 80.8 Å². The number of hydrogen-bond acceptors (Lipinski definition) is 4. The molecule has 1 saturated heterocycles. The van der Waals surface area contributed by atoms with Crippen LogP contribution in [0, 0.1) is 24.2 Å². The van der Waals surface area contributed by atoms with Crippen molar-refractivity contribution in [3.05, 3.63) is 32.2 Å². The van der Waals surface area contributed by atoms with E-state index < -0.39 is 18.6 Å². The quantitative estimate of drug-likeness (QED) is 0.646. The van der Waals surface area contributed by atoms with Gasteiger partial charge in [0.15, 0.2) is 6.23 Å². The Balaban J connectivity index is 1.44. The summed E-state index contributed by atoms with van der Waals surface area (Å²) in [6.45, 7) is 6.62. The SMILES string of the molecule is [2H]C([2H])([2H])C1=NC2OC3=C([C@H]4Cc5c(sc(C([2H])([2H])C(C)(C)C)c5C)CN4)CCCC3C2CC1. The number of hydrogen-bond donors (Lipinski definition) is 1. The van der Waals surface area contributed by atoms with Crippen LogP contribution in [0.4, 0.5) is 0 Å². The number of thiophene rings is 1. The van der Waals surface area contributed by atoms with Crippen LogP contribution in [0.15, 0.2) is 16.3 Å². The largest absolute Gasteiger partial charge is 0.472 e. The molecule has 29 heavy (non-hydrogen) atoms. The lowest BCUT2D eigenvalue weighted by Crippen LogP contribution is -2.38. The van der Waals surface area contributed by atoms with Crippen LogP contribution >= 0.6 is 11.3 Å². The van der Waals surface area contributed by atoms with Gasteiger partial charge in [0.25, 0.3) is 0 Å². The Hall–Kier alpha value is -1.13. The Labute approximate surface area is 187 Å². The number of fused-ring (bicyclic) bond motifs is 4. The molecule has 0 radical (unpaired) electrons. The first-order valence-corrected chi connectivity index (χ1v) is 11.9. The van der Waals surface area contributed by atoms with Gasteiger partial charge in [-0.1, -0.05) is 20.8 Å². The molecular weight excluding hydrogens is 376 g/mol. The van der Waals surface area contributed by atoms with Crippen LogP contribution < -0.4 is 5.32 Å². The third-order valence-electron chi connectivity index (χ3n) is 6.92. The lowest BCUT2D eigenvalue weighted by atomic mass is 9.76. The summed E-state index contributed by atoms with van der Waals surface area (Å²) in [5, 5.41) is 3.73. The van der Waals surface area contributed by atoms with Crippen molar-refractivity contribution in [3.63, 3.8) is 0 Å². The second-order valence-corrected chi connectivity index (χ2v) is 11.3. The van der Waals surface area contributed by atoms with E-state index in [4.69, 9.17) is 11.6 Å². The van der Waals surface area contributed by atoms with E-state index in [9.17, 15) is 0 Å². The van der Waals surface area contributed by atoms with E-state index in [1.54, 1.807) is 11.3 Å². The molecule has 0 amide bonds. The third-order valence-corrected chi connectivity index (χ3v) is 8.17. The lowest BCUT2D eigenvalue weighted by molar-refractivity contribution is 0.127. The van der Waals surface area contributed by atoms with Crippen molar-refractivity contribution in [1.82, 2.24) is 5.32 Å². The molecule has 0 saturated carbocycles. The second-order valence-electron chi connectivity index (χ2n) is 10.1. The van der Waals surface area contributed by atoms with Gasteiger partial charge in [-0.2, -0.15) is 0 Å². The number of nitrogens with zero attached hydrogens (tertiary/aromatic N) is 1. The van der Waals surface area contributed by atoms with Crippen molar-refractivity contribution in [1.29, 1.82) is 0 Å². The number of allylic oxidation sites excluding steroid dienone is 1. The number of nitrogens with one attached hydrogen (secondary N) is 1. The molecule has 5 rings (SSSR count). The monoisotopic (exact) mass is 417 g/mol. The number of ether oxygens (including phenoxy) is 1. The number of rotatable bonds is 2. The van der Waals surface area contributed by atoms with Gasteiger partial charge in [0.2, 0.25) is 0 Å². The minimum Gasteiger partial charge on any atom is -0.472 e. The Kier molecular flexibility index (Phi) is 3.69. The summed E-state index contributed by atoms with van der Waals surface area (Å²) in [7, 11) is 0. The highest BCUT2D eigenvalue weighted by molar-refractivity contribution is 7.12. The van der Waals surface area contributed by atoms with E-state index in [1.165, 1.54) is 16.0 Å². The topological polar surface area (TPSA) is 33.6 Å². The van der Waals surface area contributed by atoms with Crippen LogP contribution in [-0.2, 0) is 24.1 Å². The fourth-order valence-electron chi connectivity index (χ4n) is 5.54. The maximum atomic E-state index is 8.81. The van der Waals surface area contributed by atoms with Crippen LogP contribution in [0.3, 0.4) is 0 Å². The molecule has 1 fully saturated rings. The molecule has 3 aliphatic heterocycles. The lowest BCUT2D eigenvalue weighted by Gasteiger charge is -2.32. The minimum absolute atomic E-state index is 0.179. The normalized spacial score (nSPS) is 35.2. The van der Waals surface area contributed by atoms with Crippen LogP contribution in [0.2, 0.25) is 0 Å². The van der Waals surface area contributed by atoms with Gasteiger partial charge in [0.05, 0.1) is 0 Å². The zero-order chi connectivity index (χ0) is 24.6. The van der Waals surface area contributed by atoms with Gasteiger partial charge in [-0.25, -0.2) is 0 Å². The highest BCUT2D eigenvalue weighted by Gasteiger charge is 2.46. The first-order valence-electron chi connectivity index (χ1n) is 13.6. The van der Waals surface area contributed by atoms with Gasteiger partial charge in [0.1, 0.15) is 5.76 Å². The van der Waals surface area contributed by atoms with E-state index in [0.717, 1.165) is 54.8 Å². The van der Waals surface area contributed by atoms with Crippen LogP contribution in [-0.4, -0.2) is 18.0 Å². The summed E-state index contributed by atoms with van der Waals surface area (Å²) in [6, 6.07) is 0.179. The summed E-state index contributed by atoms with van der Waals surface area (Å²) in [4.78, 5) is 6.67. The van der Waals surface area contributed by atoms with Gasteiger partial charge in [-0.3, -0.25) is 4.99 Å². The van der Waals surface area contributed by atoms with Crippen molar-refractivity contribution in [3.8, 4) is 0 Å². The van der Waals surface area contributed by atoms with Crippen molar-refractivity contribution in [2.75, 3.05) is 0 Å². The molecule has 0 spiro atoms. The Morgan fingerprint density at radius 2 is 2.17 bits per heavy atom. The second kappa shape index (κ2) is 7.23. The summed E-state index contributed by atoms with van der Waals surface area (Å²) in [5.74, 6) is 1.69. The molecule has 4 atom stereocenters. The average Bonchev–Trinajstić information content (AvgIpc) is 3.29. The minimum atomic E-state index is -2.13. The maximum Gasteiger partial charge on any atom is 0.192 e. The first-order chi connectivity index (χ1) is 15.8. The molecule has 3 nitrogen and oxygen atoms in total. The zero-order valence-electron chi connectivity index (χ0n) is 23.0. The fraction of sp³-hybridized carbons (Fsp3) is 0.720. The summed E-state index contributed by atoms with van der Waals surface area (Å²) in [6.07, 6.45) is 3.69. The summed E-state index contributed by atoms with van der Waals surface area (Å²) in [5.41, 5.74) is 3.57. The molecule has 3 unspecified atom stereocenters. The van der Waals surface area contributed by atoms with E-state index >= 15 is 0 Å². The Morgan fingerprint density at radius 3 is 2.97 bits per heavy atom. The Morgan fingerprint density at radius 1 is 1.31 bits per heavy atom. The molecular formula is C25H36N2OS. The molecule has 4 heteroatoms. The smallest absolute Gasteiger partial charge is 0.192 e. The fourth-order valence-corrected chi connectivity index (χ4v) is 6.94. The highest BCUT2D eigenvalue weighted by atomic mass is 32.1. The van der Waals surface area contributed by atoms with Gasteiger partial charge < -0.3 is 10.1 Å². The summed E-state index contributed by atoms with van der Waals surface area (Å²) < 4.78 is 47.3. The molecule has 4 heterocycles. The van der Waals surface area contributed by atoms with Crippen LogP contribution in [0.1, 0.15) is 87.5 Å². The molecule has 1 aliphatic carbocycles. The van der Waals surface area contributed by atoms with Crippen molar-refractivity contribution >= 4 is 17.0 Å². The predicted octanol–water partition coefficient (Wildman–Crippen LogP) is 5.94. The van der Waals surface area contributed by atoms with Crippen LogP contribution in [0.25, 0.3) is 0 Å². The average molecular weight is 418 g/mol. The standard InChI is InChI=1S/C25H36N2OS/c1-14-9-10-17-16-7-6-8-18(23(16)28-24(17)27-14)20-11-19-15(2)21(12-25(3,4)5)29-22(19)13-26-20/h16-17,20,24,26H,6-13H2,1-5H3/t16?,17?,20-,24?/m1/s1/i1D3,12D2. The molecule has 4 aliphatic rings. The molecule has 1 aromatic heterocycles. The first kappa shape index (κ1) is 14.8.